The third kappa shape index (κ3) is 2.86. The van der Waals surface area contributed by atoms with Crippen LogP contribution in [0.5, 0.6) is 5.75 Å². The summed E-state index contributed by atoms with van der Waals surface area (Å²) in [5.74, 6) is 0.0968. The van der Waals surface area contributed by atoms with Crippen molar-refractivity contribution in [3.63, 3.8) is 0 Å². The number of hydrogen-bond donors (Lipinski definition) is 3. The normalized spacial score (nSPS) is 25.4. The topological polar surface area (TPSA) is 93.8 Å². The number of aliphatic hydroxyl groups is 1. The largest absolute Gasteiger partial charge is 0.496 e. The van der Waals surface area contributed by atoms with Crippen LogP contribution in [0.15, 0.2) is 18.2 Å². The molecule has 0 saturated carbocycles. The lowest BCUT2D eigenvalue weighted by molar-refractivity contribution is -0.0251. The quantitative estimate of drug-likeness (QED) is 0.700. The number of nitrogens with one attached hydrogen (secondary N) is 1. The van der Waals surface area contributed by atoms with Crippen LogP contribution in [0.1, 0.15) is 23.7 Å². The van der Waals surface area contributed by atoms with Crippen LogP contribution >= 0.6 is 0 Å². The molecule has 1 aromatic carbocycles. The fourth-order valence-electron chi connectivity index (χ4n) is 2.23. The summed E-state index contributed by atoms with van der Waals surface area (Å²) in [6.45, 7) is 2.43. The standard InChI is InChI=1S/C14H20N2O4/c1-9-14(18,5-6-20-9)8-16-13(17)11-4-3-10(15)7-12(11)19-2/h3-4,7,9,18H,5-6,8,15H2,1-2H3,(H,16,17). The number of hydrogen-bond acceptors (Lipinski definition) is 5. The minimum atomic E-state index is -1.02. The summed E-state index contributed by atoms with van der Waals surface area (Å²) < 4.78 is 10.5. The van der Waals surface area contributed by atoms with Crippen molar-refractivity contribution in [2.45, 2.75) is 25.0 Å². The molecule has 1 amide bonds. The Morgan fingerprint density at radius 2 is 2.40 bits per heavy atom. The van der Waals surface area contributed by atoms with E-state index in [0.29, 0.717) is 30.0 Å². The molecule has 20 heavy (non-hydrogen) atoms. The van der Waals surface area contributed by atoms with E-state index in [0.717, 1.165) is 0 Å². The van der Waals surface area contributed by atoms with Gasteiger partial charge in [0.1, 0.15) is 11.4 Å². The maximum atomic E-state index is 12.2. The molecule has 1 fully saturated rings. The summed E-state index contributed by atoms with van der Waals surface area (Å²) in [5, 5.41) is 13.1. The molecular weight excluding hydrogens is 260 g/mol. The zero-order valence-corrected chi connectivity index (χ0v) is 11.7. The van der Waals surface area contributed by atoms with Gasteiger partial charge >= 0.3 is 0 Å². The van der Waals surface area contributed by atoms with Crippen LogP contribution in [0.3, 0.4) is 0 Å². The molecule has 0 radical (unpaired) electrons. The third-order valence-electron chi connectivity index (χ3n) is 3.68. The number of methoxy groups -OCH3 is 1. The molecule has 2 atom stereocenters. The van der Waals surface area contributed by atoms with E-state index in [9.17, 15) is 9.90 Å². The van der Waals surface area contributed by atoms with Gasteiger partial charge in [0.25, 0.3) is 5.91 Å². The van der Waals surface area contributed by atoms with Gasteiger partial charge in [-0.1, -0.05) is 0 Å². The van der Waals surface area contributed by atoms with Crippen molar-refractivity contribution in [2.75, 3.05) is 26.0 Å². The second-order valence-corrected chi connectivity index (χ2v) is 5.01. The van der Waals surface area contributed by atoms with Crippen LogP contribution < -0.4 is 15.8 Å². The van der Waals surface area contributed by atoms with Crippen LogP contribution in [0.4, 0.5) is 5.69 Å². The predicted octanol–water partition coefficient (Wildman–Crippen LogP) is 0.547. The van der Waals surface area contributed by atoms with Gasteiger partial charge in [-0.3, -0.25) is 4.79 Å². The molecule has 0 aliphatic carbocycles. The number of carbonyl (C=O) groups is 1. The fraction of sp³-hybridized carbons (Fsp3) is 0.500. The van der Waals surface area contributed by atoms with Crippen LogP contribution in [0.2, 0.25) is 0 Å². The molecule has 1 saturated heterocycles. The number of ether oxygens (including phenoxy) is 2. The van der Waals surface area contributed by atoms with Crippen molar-refractivity contribution in [3.8, 4) is 5.75 Å². The van der Waals surface area contributed by atoms with Gasteiger partial charge in [0.05, 0.1) is 18.8 Å². The average Bonchev–Trinajstić information content (AvgIpc) is 2.76. The van der Waals surface area contributed by atoms with Crippen LogP contribution in [-0.4, -0.2) is 43.0 Å². The first-order valence-electron chi connectivity index (χ1n) is 6.52. The zero-order chi connectivity index (χ0) is 14.8. The van der Waals surface area contributed by atoms with E-state index in [1.54, 1.807) is 25.1 Å². The number of nitrogen functional groups attached to an aromatic ring is 1. The Balaban J connectivity index is 2.05. The lowest BCUT2D eigenvalue weighted by Crippen LogP contribution is -2.47. The van der Waals surface area contributed by atoms with E-state index < -0.39 is 5.60 Å². The Morgan fingerprint density at radius 3 is 3.00 bits per heavy atom. The highest BCUT2D eigenvalue weighted by Gasteiger charge is 2.39. The van der Waals surface area contributed by atoms with Crippen molar-refractivity contribution < 1.29 is 19.4 Å². The molecule has 6 nitrogen and oxygen atoms in total. The zero-order valence-electron chi connectivity index (χ0n) is 11.7. The molecular formula is C14H20N2O4. The van der Waals surface area contributed by atoms with Gasteiger partial charge in [0.2, 0.25) is 0 Å². The molecule has 2 rings (SSSR count). The summed E-state index contributed by atoms with van der Waals surface area (Å²) in [7, 11) is 1.48. The molecule has 1 heterocycles. The fourth-order valence-corrected chi connectivity index (χ4v) is 2.23. The summed E-state index contributed by atoms with van der Waals surface area (Å²) in [6, 6.07) is 4.82. The molecule has 1 aliphatic rings. The Bertz CT molecular complexity index is 506. The maximum Gasteiger partial charge on any atom is 0.255 e. The Hall–Kier alpha value is -1.79. The number of rotatable bonds is 4. The molecule has 6 heteroatoms. The highest BCUT2D eigenvalue weighted by atomic mass is 16.5. The second kappa shape index (κ2) is 5.68. The van der Waals surface area contributed by atoms with Gasteiger partial charge in [0, 0.05) is 31.3 Å². The number of amides is 1. The van der Waals surface area contributed by atoms with E-state index in [2.05, 4.69) is 5.32 Å². The van der Waals surface area contributed by atoms with Crippen molar-refractivity contribution in [1.82, 2.24) is 5.32 Å². The van der Waals surface area contributed by atoms with Gasteiger partial charge in [-0.15, -0.1) is 0 Å². The molecule has 2 unspecified atom stereocenters. The van der Waals surface area contributed by atoms with Crippen LogP contribution in [0, 0.1) is 0 Å². The number of benzene rings is 1. The number of carbonyl (C=O) groups excluding carboxylic acids is 1. The van der Waals surface area contributed by atoms with E-state index in [-0.39, 0.29) is 18.6 Å². The van der Waals surface area contributed by atoms with Crippen LogP contribution in [-0.2, 0) is 4.74 Å². The molecule has 1 aromatic rings. The molecule has 1 aliphatic heterocycles. The van der Waals surface area contributed by atoms with Crippen molar-refractivity contribution >= 4 is 11.6 Å². The lowest BCUT2D eigenvalue weighted by Gasteiger charge is -2.26. The van der Waals surface area contributed by atoms with Gasteiger partial charge in [-0.2, -0.15) is 0 Å². The second-order valence-electron chi connectivity index (χ2n) is 5.01. The van der Waals surface area contributed by atoms with Gasteiger partial charge < -0.3 is 25.6 Å². The van der Waals surface area contributed by atoms with E-state index >= 15 is 0 Å². The maximum absolute atomic E-state index is 12.2. The van der Waals surface area contributed by atoms with Crippen molar-refractivity contribution in [3.05, 3.63) is 23.8 Å². The van der Waals surface area contributed by atoms with E-state index in [1.807, 2.05) is 0 Å². The Kier molecular flexibility index (Phi) is 4.15. The predicted molar refractivity (Wildman–Crippen MR) is 74.7 cm³/mol. The summed E-state index contributed by atoms with van der Waals surface area (Å²) in [6.07, 6.45) is 0.212. The summed E-state index contributed by atoms with van der Waals surface area (Å²) in [5.41, 5.74) is 5.54. The first kappa shape index (κ1) is 14.6. The van der Waals surface area contributed by atoms with Crippen LogP contribution in [0.25, 0.3) is 0 Å². The molecule has 0 aromatic heterocycles. The molecule has 4 N–H and O–H groups in total. The smallest absolute Gasteiger partial charge is 0.255 e. The Labute approximate surface area is 117 Å². The van der Waals surface area contributed by atoms with Crippen molar-refractivity contribution in [2.24, 2.45) is 0 Å². The molecule has 0 bridgehead atoms. The number of nitrogens with two attached hydrogens (primary N) is 1. The van der Waals surface area contributed by atoms with Gasteiger partial charge in [0.15, 0.2) is 0 Å². The van der Waals surface area contributed by atoms with Gasteiger partial charge in [-0.05, 0) is 19.1 Å². The highest BCUT2D eigenvalue weighted by Crippen LogP contribution is 2.25. The van der Waals surface area contributed by atoms with Gasteiger partial charge in [-0.25, -0.2) is 0 Å². The monoisotopic (exact) mass is 280 g/mol. The highest BCUT2D eigenvalue weighted by molar-refractivity contribution is 5.97. The number of anilines is 1. The molecule has 0 spiro atoms. The SMILES string of the molecule is COc1cc(N)ccc1C(=O)NCC1(O)CCOC1C. The average molecular weight is 280 g/mol. The van der Waals surface area contributed by atoms with E-state index in [1.165, 1.54) is 7.11 Å². The minimum absolute atomic E-state index is 0.139. The van der Waals surface area contributed by atoms with E-state index in [4.69, 9.17) is 15.2 Å². The lowest BCUT2D eigenvalue weighted by atomic mass is 9.96. The first-order valence-corrected chi connectivity index (χ1v) is 6.52. The third-order valence-corrected chi connectivity index (χ3v) is 3.68. The minimum Gasteiger partial charge on any atom is -0.496 e. The summed E-state index contributed by atoms with van der Waals surface area (Å²) >= 11 is 0. The Morgan fingerprint density at radius 1 is 1.65 bits per heavy atom. The summed E-state index contributed by atoms with van der Waals surface area (Å²) in [4.78, 5) is 12.2. The molecule has 110 valence electrons. The first-order chi connectivity index (χ1) is 9.46. The van der Waals surface area contributed by atoms with Crippen molar-refractivity contribution in [1.29, 1.82) is 0 Å².